The van der Waals surface area contributed by atoms with Crippen molar-refractivity contribution in [2.75, 3.05) is 13.7 Å². The van der Waals surface area contributed by atoms with E-state index in [9.17, 15) is 4.79 Å². The molecule has 1 aromatic heterocycles. The second-order valence-corrected chi connectivity index (χ2v) is 6.29. The molecule has 6 nitrogen and oxygen atoms in total. The van der Waals surface area contributed by atoms with Crippen LogP contribution in [0.4, 0.5) is 0 Å². The third-order valence-corrected chi connectivity index (χ3v) is 4.12. The topological polar surface area (TPSA) is 72.8 Å². The van der Waals surface area contributed by atoms with E-state index in [2.05, 4.69) is 15.5 Å². The summed E-state index contributed by atoms with van der Waals surface area (Å²) in [5.41, 5.74) is 5.47. The highest BCUT2D eigenvalue weighted by Crippen LogP contribution is 2.27. The molecule has 0 unspecified atom stereocenters. The van der Waals surface area contributed by atoms with Gasteiger partial charge in [-0.05, 0) is 49.2 Å². The van der Waals surface area contributed by atoms with Crippen LogP contribution in [0, 0.1) is 6.92 Å². The van der Waals surface area contributed by atoms with Crippen LogP contribution in [0.5, 0.6) is 11.5 Å². The van der Waals surface area contributed by atoms with Gasteiger partial charge in [0.25, 0.3) is 5.91 Å². The number of pyridine rings is 1. The number of benzene rings is 2. The van der Waals surface area contributed by atoms with Crippen molar-refractivity contribution in [2.45, 2.75) is 20.3 Å². The van der Waals surface area contributed by atoms with Gasteiger partial charge in [0.15, 0.2) is 11.5 Å². The Morgan fingerprint density at radius 1 is 1.18 bits per heavy atom. The van der Waals surface area contributed by atoms with E-state index < -0.39 is 0 Å². The molecule has 28 heavy (non-hydrogen) atoms. The SMILES string of the molecule is CCCOc1ccc(/C=N/NC(=O)c2cc(C)nc3ccccc23)cc1OC. The maximum atomic E-state index is 12.6. The van der Waals surface area contributed by atoms with Crippen LogP contribution in [0.25, 0.3) is 10.9 Å². The summed E-state index contributed by atoms with van der Waals surface area (Å²) >= 11 is 0. The van der Waals surface area contributed by atoms with Crippen molar-refractivity contribution in [3.8, 4) is 11.5 Å². The van der Waals surface area contributed by atoms with Gasteiger partial charge in [0.1, 0.15) is 0 Å². The molecule has 0 fully saturated rings. The Bertz CT molecular complexity index is 1020. The van der Waals surface area contributed by atoms with E-state index in [1.807, 2.05) is 56.3 Å². The molecule has 0 bridgehead atoms. The number of carbonyl (C=O) groups excluding carboxylic acids is 1. The molecular weight excluding hydrogens is 354 g/mol. The molecule has 0 saturated carbocycles. The van der Waals surface area contributed by atoms with Crippen molar-refractivity contribution in [1.29, 1.82) is 0 Å². The highest BCUT2D eigenvalue weighted by atomic mass is 16.5. The second-order valence-electron chi connectivity index (χ2n) is 6.29. The number of ether oxygens (including phenoxy) is 2. The first kappa shape index (κ1) is 19.4. The van der Waals surface area contributed by atoms with Crippen molar-refractivity contribution in [2.24, 2.45) is 5.10 Å². The number of rotatable bonds is 7. The fraction of sp³-hybridized carbons (Fsp3) is 0.227. The predicted molar refractivity (Wildman–Crippen MR) is 110 cm³/mol. The molecule has 0 atom stereocenters. The Morgan fingerprint density at radius 2 is 2.00 bits per heavy atom. The summed E-state index contributed by atoms with van der Waals surface area (Å²) in [7, 11) is 1.59. The van der Waals surface area contributed by atoms with E-state index >= 15 is 0 Å². The molecular formula is C22H23N3O3. The van der Waals surface area contributed by atoms with Crippen molar-refractivity contribution in [3.63, 3.8) is 0 Å². The van der Waals surface area contributed by atoms with Crippen LogP contribution < -0.4 is 14.9 Å². The van der Waals surface area contributed by atoms with E-state index in [1.165, 1.54) is 0 Å². The first-order chi connectivity index (χ1) is 13.6. The van der Waals surface area contributed by atoms with Gasteiger partial charge in [-0.1, -0.05) is 25.1 Å². The van der Waals surface area contributed by atoms with Crippen molar-refractivity contribution in [1.82, 2.24) is 10.4 Å². The number of nitrogens with zero attached hydrogens (tertiary/aromatic N) is 2. The molecule has 3 rings (SSSR count). The summed E-state index contributed by atoms with van der Waals surface area (Å²) in [4.78, 5) is 17.1. The molecule has 0 aliphatic rings. The van der Waals surface area contributed by atoms with Gasteiger partial charge in [0, 0.05) is 11.1 Å². The fourth-order valence-corrected chi connectivity index (χ4v) is 2.82. The lowest BCUT2D eigenvalue weighted by molar-refractivity contribution is 0.0956. The largest absolute Gasteiger partial charge is 0.493 e. The van der Waals surface area contributed by atoms with Crippen LogP contribution in [0.2, 0.25) is 0 Å². The van der Waals surface area contributed by atoms with Crippen LogP contribution >= 0.6 is 0 Å². The minimum Gasteiger partial charge on any atom is -0.493 e. The van der Waals surface area contributed by atoms with Gasteiger partial charge in [0.05, 0.1) is 31.0 Å². The van der Waals surface area contributed by atoms with Crippen LogP contribution in [-0.2, 0) is 0 Å². The monoisotopic (exact) mass is 377 g/mol. The number of methoxy groups -OCH3 is 1. The quantitative estimate of drug-likeness (QED) is 0.497. The summed E-state index contributed by atoms with van der Waals surface area (Å²) in [5, 5.41) is 4.87. The van der Waals surface area contributed by atoms with Crippen molar-refractivity contribution < 1.29 is 14.3 Å². The molecule has 2 aromatic carbocycles. The number of hydrazone groups is 1. The maximum absolute atomic E-state index is 12.6. The first-order valence-corrected chi connectivity index (χ1v) is 9.13. The lowest BCUT2D eigenvalue weighted by Gasteiger charge is -2.10. The van der Waals surface area contributed by atoms with Crippen LogP contribution in [0.3, 0.4) is 0 Å². The van der Waals surface area contributed by atoms with Gasteiger partial charge < -0.3 is 9.47 Å². The average molecular weight is 377 g/mol. The Kier molecular flexibility index (Phi) is 6.22. The number of fused-ring (bicyclic) bond motifs is 1. The lowest BCUT2D eigenvalue weighted by Crippen LogP contribution is -2.18. The molecule has 1 N–H and O–H groups in total. The molecule has 0 spiro atoms. The van der Waals surface area contributed by atoms with Crippen LogP contribution in [0.15, 0.2) is 53.6 Å². The molecule has 6 heteroatoms. The third-order valence-electron chi connectivity index (χ3n) is 4.12. The maximum Gasteiger partial charge on any atom is 0.272 e. The normalized spacial score (nSPS) is 11.0. The zero-order valence-electron chi connectivity index (χ0n) is 16.2. The summed E-state index contributed by atoms with van der Waals surface area (Å²) in [6.45, 7) is 4.53. The minimum atomic E-state index is -0.284. The minimum absolute atomic E-state index is 0.284. The van der Waals surface area contributed by atoms with E-state index in [0.717, 1.165) is 28.6 Å². The molecule has 0 saturated heterocycles. The van der Waals surface area contributed by atoms with E-state index in [-0.39, 0.29) is 5.91 Å². The highest BCUT2D eigenvalue weighted by Gasteiger charge is 2.11. The Morgan fingerprint density at radius 3 is 2.79 bits per heavy atom. The molecule has 144 valence electrons. The average Bonchev–Trinajstić information content (AvgIpc) is 2.71. The van der Waals surface area contributed by atoms with Crippen LogP contribution in [-0.4, -0.2) is 30.8 Å². The number of aromatic nitrogens is 1. The Balaban J connectivity index is 1.75. The summed E-state index contributed by atoms with van der Waals surface area (Å²) in [6, 6.07) is 14.8. The first-order valence-electron chi connectivity index (χ1n) is 9.13. The number of para-hydroxylation sites is 1. The molecule has 0 aliphatic heterocycles. The Hall–Kier alpha value is -3.41. The van der Waals surface area contributed by atoms with E-state index in [4.69, 9.17) is 9.47 Å². The summed E-state index contributed by atoms with van der Waals surface area (Å²) < 4.78 is 11.0. The van der Waals surface area contributed by atoms with Gasteiger partial charge >= 0.3 is 0 Å². The van der Waals surface area contributed by atoms with Crippen LogP contribution in [0.1, 0.15) is 35.0 Å². The number of hydrogen-bond donors (Lipinski definition) is 1. The van der Waals surface area contributed by atoms with Crippen molar-refractivity contribution >= 4 is 23.0 Å². The zero-order valence-corrected chi connectivity index (χ0v) is 16.2. The second kappa shape index (κ2) is 8.99. The number of nitrogens with one attached hydrogen (secondary N) is 1. The van der Waals surface area contributed by atoms with Gasteiger partial charge in [-0.15, -0.1) is 0 Å². The summed E-state index contributed by atoms with van der Waals surface area (Å²) in [6.07, 6.45) is 2.49. The number of carbonyl (C=O) groups is 1. The van der Waals surface area contributed by atoms with Gasteiger partial charge in [0.2, 0.25) is 0 Å². The third kappa shape index (κ3) is 4.46. The predicted octanol–water partition coefficient (Wildman–Crippen LogP) is 4.10. The number of aryl methyl sites for hydroxylation is 1. The van der Waals surface area contributed by atoms with Gasteiger partial charge in [-0.3, -0.25) is 9.78 Å². The standard InChI is InChI=1S/C22H23N3O3/c1-4-11-28-20-10-9-16(13-21(20)27-3)14-23-25-22(26)18-12-15(2)24-19-8-6-5-7-17(18)19/h5-10,12-14H,4,11H2,1-3H3,(H,25,26)/b23-14+. The molecule has 1 heterocycles. The molecule has 3 aromatic rings. The number of hydrogen-bond acceptors (Lipinski definition) is 5. The van der Waals surface area contributed by atoms with Gasteiger partial charge in [-0.25, -0.2) is 5.43 Å². The molecule has 0 aliphatic carbocycles. The lowest BCUT2D eigenvalue weighted by atomic mass is 10.1. The highest BCUT2D eigenvalue weighted by molar-refractivity contribution is 6.06. The summed E-state index contributed by atoms with van der Waals surface area (Å²) in [5.74, 6) is 1.02. The molecule has 0 radical (unpaired) electrons. The van der Waals surface area contributed by atoms with Gasteiger partial charge in [-0.2, -0.15) is 5.10 Å². The van der Waals surface area contributed by atoms with Crippen molar-refractivity contribution in [3.05, 3.63) is 65.4 Å². The van der Waals surface area contributed by atoms with E-state index in [0.29, 0.717) is 23.7 Å². The zero-order chi connectivity index (χ0) is 19.9. The fourth-order valence-electron chi connectivity index (χ4n) is 2.82. The van der Waals surface area contributed by atoms with E-state index in [1.54, 1.807) is 19.4 Å². The number of amides is 1. The smallest absolute Gasteiger partial charge is 0.272 e. The Labute approximate surface area is 164 Å². The molecule has 1 amide bonds.